The van der Waals surface area contributed by atoms with E-state index in [4.69, 9.17) is 0 Å². The summed E-state index contributed by atoms with van der Waals surface area (Å²) in [6.45, 7) is 6.71. The van der Waals surface area contributed by atoms with E-state index in [9.17, 15) is 0 Å². The number of aryl methyl sites for hydroxylation is 1. The monoisotopic (exact) mass is 237 g/mol. The molecule has 1 nitrogen and oxygen atoms in total. The van der Waals surface area contributed by atoms with Crippen molar-refractivity contribution in [2.75, 3.05) is 0 Å². The molecule has 0 fully saturated rings. The Bertz CT molecular complexity index is 586. The summed E-state index contributed by atoms with van der Waals surface area (Å²) in [7, 11) is 0. The summed E-state index contributed by atoms with van der Waals surface area (Å²) in [4.78, 5) is 0. The van der Waals surface area contributed by atoms with E-state index in [2.05, 4.69) is 68.6 Å². The maximum atomic E-state index is 3.69. The van der Waals surface area contributed by atoms with Gasteiger partial charge in [-0.1, -0.05) is 42.5 Å². The molecule has 2 aromatic rings. The van der Waals surface area contributed by atoms with Crippen molar-refractivity contribution in [1.29, 1.82) is 0 Å². The van der Waals surface area contributed by atoms with Crippen molar-refractivity contribution in [3.63, 3.8) is 0 Å². The molecular weight excluding hydrogens is 218 g/mol. The molecule has 0 amide bonds. The lowest BCUT2D eigenvalue weighted by molar-refractivity contribution is 0.500. The zero-order valence-corrected chi connectivity index (χ0v) is 11.2. The molecule has 0 aliphatic carbocycles. The highest BCUT2D eigenvalue weighted by Crippen LogP contribution is 2.38. The summed E-state index contributed by atoms with van der Waals surface area (Å²) in [6.07, 6.45) is 0. The van der Waals surface area contributed by atoms with Gasteiger partial charge in [-0.15, -0.1) is 0 Å². The Kier molecular flexibility index (Phi) is 2.71. The van der Waals surface area contributed by atoms with Crippen LogP contribution < -0.4 is 5.32 Å². The average Bonchev–Trinajstić information content (AvgIpc) is 2.47. The fourth-order valence-corrected chi connectivity index (χ4v) is 3.16. The predicted octanol–water partition coefficient (Wildman–Crippen LogP) is 4.39. The quantitative estimate of drug-likeness (QED) is 0.716. The molecule has 3 rings (SSSR count). The van der Waals surface area contributed by atoms with Crippen LogP contribution in [0.15, 0.2) is 42.5 Å². The van der Waals surface area contributed by atoms with E-state index in [1.807, 2.05) is 0 Å². The van der Waals surface area contributed by atoms with Gasteiger partial charge in [0, 0.05) is 12.1 Å². The summed E-state index contributed by atoms with van der Waals surface area (Å²) < 4.78 is 0. The van der Waals surface area contributed by atoms with Gasteiger partial charge in [-0.2, -0.15) is 0 Å². The zero-order chi connectivity index (χ0) is 12.7. The molecule has 1 heterocycles. The second-order valence-corrected chi connectivity index (χ2v) is 5.23. The molecule has 0 bridgehead atoms. The zero-order valence-electron chi connectivity index (χ0n) is 11.2. The minimum atomic E-state index is 0.392. The topological polar surface area (TPSA) is 12.0 Å². The maximum Gasteiger partial charge on any atom is 0.0306 e. The van der Waals surface area contributed by atoms with Crippen molar-refractivity contribution in [3.8, 4) is 11.1 Å². The van der Waals surface area contributed by atoms with Crippen molar-refractivity contribution in [2.24, 2.45) is 0 Å². The molecule has 1 N–H and O–H groups in total. The summed E-state index contributed by atoms with van der Waals surface area (Å²) in [6, 6.07) is 16.1. The average molecular weight is 237 g/mol. The van der Waals surface area contributed by atoms with Gasteiger partial charge in [-0.05, 0) is 48.6 Å². The summed E-state index contributed by atoms with van der Waals surface area (Å²) in [5, 5.41) is 3.69. The normalized spacial score (nSPS) is 21.9. The lowest BCUT2D eigenvalue weighted by Crippen LogP contribution is -2.21. The molecule has 2 unspecified atom stereocenters. The second kappa shape index (κ2) is 4.25. The van der Waals surface area contributed by atoms with E-state index >= 15 is 0 Å². The maximum absolute atomic E-state index is 3.69. The molecule has 0 radical (unpaired) electrons. The van der Waals surface area contributed by atoms with Gasteiger partial charge in [0.1, 0.15) is 0 Å². The smallest absolute Gasteiger partial charge is 0.0306 e. The first-order chi connectivity index (χ1) is 8.68. The van der Waals surface area contributed by atoms with Crippen LogP contribution in [0.2, 0.25) is 0 Å². The van der Waals surface area contributed by atoms with Crippen molar-refractivity contribution in [2.45, 2.75) is 32.9 Å². The Morgan fingerprint density at radius 1 is 0.833 bits per heavy atom. The molecule has 0 aromatic heterocycles. The van der Waals surface area contributed by atoms with Crippen molar-refractivity contribution < 1.29 is 0 Å². The van der Waals surface area contributed by atoms with Gasteiger partial charge in [-0.3, -0.25) is 0 Å². The lowest BCUT2D eigenvalue weighted by Gasteiger charge is -2.19. The molecular formula is C17H19N. The van der Waals surface area contributed by atoms with Crippen LogP contribution in [-0.2, 0) is 0 Å². The Balaban J connectivity index is 2.33. The number of nitrogens with one attached hydrogen (secondary N) is 1. The van der Waals surface area contributed by atoms with Gasteiger partial charge < -0.3 is 5.32 Å². The van der Waals surface area contributed by atoms with Crippen molar-refractivity contribution in [1.82, 2.24) is 5.32 Å². The Morgan fingerprint density at radius 3 is 2.39 bits per heavy atom. The van der Waals surface area contributed by atoms with E-state index in [0.717, 1.165) is 0 Å². The predicted molar refractivity (Wildman–Crippen MR) is 76.6 cm³/mol. The standard InChI is InChI=1S/C17H19N/c1-11-7-6-10-16-15-9-5-4-8-14(15)12(2)18-13(3)17(11)16/h4-10,12-13,18H,1-3H3. The molecule has 18 heavy (non-hydrogen) atoms. The van der Waals surface area contributed by atoms with Crippen molar-refractivity contribution >= 4 is 0 Å². The minimum Gasteiger partial charge on any atom is -0.304 e. The molecule has 92 valence electrons. The van der Waals surface area contributed by atoms with E-state index in [1.165, 1.54) is 27.8 Å². The summed E-state index contributed by atoms with van der Waals surface area (Å²) in [5.74, 6) is 0. The Labute approximate surface area is 109 Å². The second-order valence-electron chi connectivity index (χ2n) is 5.23. The number of benzene rings is 2. The third-order valence-electron chi connectivity index (χ3n) is 3.97. The summed E-state index contributed by atoms with van der Waals surface area (Å²) >= 11 is 0. The largest absolute Gasteiger partial charge is 0.304 e. The van der Waals surface area contributed by atoms with Crippen LogP contribution in [0.1, 0.15) is 42.6 Å². The molecule has 2 aromatic carbocycles. The van der Waals surface area contributed by atoms with E-state index in [0.29, 0.717) is 12.1 Å². The number of fused-ring (bicyclic) bond motifs is 3. The molecule has 0 saturated heterocycles. The fraction of sp³-hybridized carbons (Fsp3) is 0.294. The van der Waals surface area contributed by atoms with Crippen LogP contribution in [0.3, 0.4) is 0 Å². The Morgan fingerprint density at radius 2 is 1.56 bits per heavy atom. The molecule has 0 saturated carbocycles. The van der Waals surface area contributed by atoms with Crippen LogP contribution in [0.25, 0.3) is 11.1 Å². The fourth-order valence-electron chi connectivity index (χ4n) is 3.16. The third-order valence-corrected chi connectivity index (χ3v) is 3.97. The molecule has 1 aliphatic rings. The van der Waals surface area contributed by atoms with Crippen LogP contribution in [0, 0.1) is 6.92 Å². The first kappa shape index (κ1) is 11.5. The molecule has 1 aliphatic heterocycles. The van der Waals surface area contributed by atoms with Crippen LogP contribution in [-0.4, -0.2) is 0 Å². The van der Waals surface area contributed by atoms with Crippen LogP contribution >= 0.6 is 0 Å². The number of hydrogen-bond donors (Lipinski definition) is 1. The Hall–Kier alpha value is -1.60. The SMILES string of the molecule is Cc1cccc2c1C(C)NC(C)c1ccccc1-2. The van der Waals surface area contributed by atoms with E-state index < -0.39 is 0 Å². The van der Waals surface area contributed by atoms with Crippen molar-refractivity contribution in [3.05, 3.63) is 59.2 Å². The summed E-state index contributed by atoms with van der Waals surface area (Å²) in [5.41, 5.74) is 6.97. The van der Waals surface area contributed by atoms with Crippen LogP contribution in [0.4, 0.5) is 0 Å². The van der Waals surface area contributed by atoms with Gasteiger partial charge in [0.15, 0.2) is 0 Å². The highest BCUT2D eigenvalue weighted by Gasteiger charge is 2.23. The minimum absolute atomic E-state index is 0.392. The van der Waals surface area contributed by atoms with E-state index in [1.54, 1.807) is 0 Å². The highest BCUT2D eigenvalue weighted by atomic mass is 14.9. The van der Waals surface area contributed by atoms with Gasteiger partial charge in [0.25, 0.3) is 0 Å². The highest BCUT2D eigenvalue weighted by molar-refractivity contribution is 5.73. The molecule has 1 heteroatoms. The molecule has 2 atom stereocenters. The van der Waals surface area contributed by atoms with Gasteiger partial charge >= 0.3 is 0 Å². The first-order valence-corrected chi connectivity index (χ1v) is 6.63. The first-order valence-electron chi connectivity index (χ1n) is 6.63. The molecule has 0 spiro atoms. The number of rotatable bonds is 0. The van der Waals surface area contributed by atoms with Crippen LogP contribution in [0.5, 0.6) is 0 Å². The number of hydrogen-bond acceptors (Lipinski definition) is 1. The third kappa shape index (κ3) is 1.67. The van der Waals surface area contributed by atoms with Gasteiger partial charge in [0.2, 0.25) is 0 Å². The van der Waals surface area contributed by atoms with Gasteiger partial charge in [-0.25, -0.2) is 0 Å². The van der Waals surface area contributed by atoms with E-state index in [-0.39, 0.29) is 0 Å². The lowest BCUT2D eigenvalue weighted by atomic mass is 9.91. The van der Waals surface area contributed by atoms with Gasteiger partial charge in [0.05, 0.1) is 0 Å².